The second-order valence-electron chi connectivity index (χ2n) is 4.48. The lowest BCUT2D eigenvalue weighted by molar-refractivity contribution is 0.0735. The van der Waals surface area contributed by atoms with Gasteiger partial charge in [0, 0.05) is 29.4 Å². The molecule has 18 heavy (non-hydrogen) atoms. The molecular formula is C13H18BrNO2S. The van der Waals surface area contributed by atoms with Crippen LogP contribution < -0.4 is 4.74 Å². The van der Waals surface area contributed by atoms with Crippen LogP contribution in [0.4, 0.5) is 0 Å². The lowest BCUT2D eigenvalue weighted by Gasteiger charge is -2.23. The lowest BCUT2D eigenvalue weighted by Crippen LogP contribution is -2.35. The Balaban J connectivity index is 2.02. The number of ether oxygens (including phenoxy) is 1. The van der Waals surface area contributed by atoms with Gasteiger partial charge in [0.25, 0.3) is 5.91 Å². The Morgan fingerprint density at radius 1 is 1.67 bits per heavy atom. The van der Waals surface area contributed by atoms with Gasteiger partial charge in [0.15, 0.2) is 0 Å². The molecule has 1 saturated heterocycles. The van der Waals surface area contributed by atoms with Crippen LogP contribution in [0.15, 0.2) is 11.4 Å². The highest BCUT2D eigenvalue weighted by Crippen LogP contribution is 2.28. The van der Waals surface area contributed by atoms with E-state index < -0.39 is 0 Å². The quantitative estimate of drug-likeness (QED) is 0.772. The van der Waals surface area contributed by atoms with Gasteiger partial charge in [0.05, 0.1) is 12.0 Å². The van der Waals surface area contributed by atoms with E-state index in [0.29, 0.717) is 6.04 Å². The van der Waals surface area contributed by atoms with Crippen molar-refractivity contribution in [3.63, 3.8) is 0 Å². The predicted octanol–water partition coefficient (Wildman–Crippen LogP) is 3.54. The summed E-state index contributed by atoms with van der Waals surface area (Å²) >= 11 is 4.92. The van der Waals surface area contributed by atoms with Gasteiger partial charge in [-0.1, -0.05) is 15.9 Å². The minimum atomic E-state index is 0.167. The molecule has 2 heterocycles. The first kappa shape index (κ1) is 13.9. The van der Waals surface area contributed by atoms with Gasteiger partial charge in [-0.25, -0.2) is 0 Å². The highest BCUT2D eigenvalue weighted by molar-refractivity contribution is 9.09. The van der Waals surface area contributed by atoms with Gasteiger partial charge in [-0.05, 0) is 25.7 Å². The predicted molar refractivity (Wildman–Crippen MR) is 78.0 cm³/mol. The highest BCUT2D eigenvalue weighted by Gasteiger charge is 2.29. The standard InChI is InChI=1S/C13H18BrNO2S/c1-17-11-8-12(18-9-11)13(16)15-7-3-5-10(15)4-2-6-14/h8-10H,2-7H2,1H3. The van der Waals surface area contributed by atoms with Crippen LogP contribution >= 0.6 is 27.3 Å². The Labute approximate surface area is 120 Å². The maximum Gasteiger partial charge on any atom is 0.264 e. The SMILES string of the molecule is COc1csc(C(=O)N2CCCC2CCCBr)c1. The summed E-state index contributed by atoms with van der Waals surface area (Å²) in [5.41, 5.74) is 0. The Morgan fingerprint density at radius 3 is 3.17 bits per heavy atom. The lowest BCUT2D eigenvalue weighted by atomic mass is 10.1. The van der Waals surface area contributed by atoms with Gasteiger partial charge in [-0.3, -0.25) is 4.79 Å². The third-order valence-corrected chi connectivity index (χ3v) is 4.79. The van der Waals surface area contributed by atoms with Crippen molar-refractivity contribution in [2.75, 3.05) is 19.0 Å². The zero-order valence-electron chi connectivity index (χ0n) is 10.5. The number of hydrogen-bond acceptors (Lipinski definition) is 3. The van der Waals surface area contributed by atoms with E-state index >= 15 is 0 Å². The first-order valence-corrected chi connectivity index (χ1v) is 8.26. The van der Waals surface area contributed by atoms with Crippen molar-refractivity contribution in [3.05, 3.63) is 16.3 Å². The summed E-state index contributed by atoms with van der Waals surface area (Å²) in [5.74, 6) is 0.944. The zero-order chi connectivity index (χ0) is 13.0. The number of carbonyl (C=O) groups excluding carboxylic acids is 1. The fourth-order valence-corrected chi connectivity index (χ4v) is 3.53. The molecule has 0 bridgehead atoms. The number of nitrogens with zero attached hydrogens (tertiary/aromatic N) is 1. The van der Waals surface area contributed by atoms with E-state index in [0.717, 1.165) is 48.2 Å². The van der Waals surface area contributed by atoms with E-state index in [1.807, 2.05) is 16.3 Å². The van der Waals surface area contributed by atoms with Crippen LogP contribution in [0.2, 0.25) is 0 Å². The summed E-state index contributed by atoms with van der Waals surface area (Å²) in [7, 11) is 1.63. The molecule has 1 aromatic heterocycles. The topological polar surface area (TPSA) is 29.5 Å². The van der Waals surface area contributed by atoms with Gasteiger partial charge in [-0.15, -0.1) is 11.3 Å². The summed E-state index contributed by atoms with van der Waals surface area (Å²) in [6, 6.07) is 2.26. The highest BCUT2D eigenvalue weighted by atomic mass is 79.9. The van der Waals surface area contributed by atoms with E-state index in [-0.39, 0.29) is 5.91 Å². The minimum Gasteiger partial charge on any atom is -0.496 e. The van der Waals surface area contributed by atoms with Crippen LogP contribution in [0, 0.1) is 0 Å². The normalized spacial score (nSPS) is 19.2. The molecule has 0 radical (unpaired) electrons. The third kappa shape index (κ3) is 3.06. The van der Waals surface area contributed by atoms with Crippen molar-refractivity contribution in [1.29, 1.82) is 0 Å². The second-order valence-corrected chi connectivity index (χ2v) is 6.18. The van der Waals surface area contributed by atoms with Crippen LogP contribution in [0.1, 0.15) is 35.4 Å². The number of rotatable bonds is 5. The molecular weight excluding hydrogens is 314 g/mol. The molecule has 3 nitrogen and oxygen atoms in total. The molecule has 0 N–H and O–H groups in total. The number of carbonyl (C=O) groups is 1. The number of methoxy groups -OCH3 is 1. The third-order valence-electron chi connectivity index (χ3n) is 3.33. The Morgan fingerprint density at radius 2 is 2.50 bits per heavy atom. The number of alkyl halides is 1. The molecule has 1 aromatic rings. The molecule has 0 aromatic carbocycles. The van der Waals surface area contributed by atoms with Crippen molar-refractivity contribution in [2.45, 2.75) is 31.7 Å². The molecule has 1 unspecified atom stereocenters. The molecule has 2 rings (SSSR count). The number of amides is 1. The maximum atomic E-state index is 12.4. The van der Waals surface area contributed by atoms with Crippen molar-refractivity contribution < 1.29 is 9.53 Å². The largest absolute Gasteiger partial charge is 0.496 e. The molecule has 1 fully saturated rings. The van der Waals surface area contributed by atoms with Crippen LogP contribution in [-0.4, -0.2) is 35.8 Å². The first-order valence-electron chi connectivity index (χ1n) is 6.25. The van der Waals surface area contributed by atoms with E-state index in [1.165, 1.54) is 11.3 Å². The molecule has 1 amide bonds. The molecule has 1 aliphatic rings. The average molecular weight is 332 g/mol. The van der Waals surface area contributed by atoms with Crippen LogP contribution in [0.3, 0.4) is 0 Å². The van der Waals surface area contributed by atoms with Gasteiger partial charge in [0.2, 0.25) is 0 Å². The van der Waals surface area contributed by atoms with Gasteiger partial charge in [-0.2, -0.15) is 0 Å². The molecule has 0 saturated carbocycles. The van der Waals surface area contributed by atoms with Crippen LogP contribution in [0.5, 0.6) is 5.75 Å². The molecule has 5 heteroatoms. The summed E-state index contributed by atoms with van der Waals surface area (Å²) in [4.78, 5) is 15.2. The summed E-state index contributed by atoms with van der Waals surface area (Å²) in [5, 5.41) is 2.90. The Hall–Kier alpha value is -0.550. The first-order chi connectivity index (χ1) is 8.76. The van der Waals surface area contributed by atoms with E-state index in [4.69, 9.17) is 4.74 Å². The Kier molecular flexibility index (Phi) is 5.06. The average Bonchev–Trinajstić information content (AvgIpc) is 3.04. The van der Waals surface area contributed by atoms with Gasteiger partial charge < -0.3 is 9.64 Å². The van der Waals surface area contributed by atoms with Crippen molar-refractivity contribution >= 4 is 33.2 Å². The number of thiophene rings is 1. The van der Waals surface area contributed by atoms with Crippen molar-refractivity contribution in [2.24, 2.45) is 0 Å². The van der Waals surface area contributed by atoms with Crippen LogP contribution in [-0.2, 0) is 0 Å². The van der Waals surface area contributed by atoms with Gasteiger partial charge in [0.1, 0.15) is 5.75 Å². The summed E-state index contributed by atoms with van der Waals surface area (Å²) in [6.07, 6.45) is 4.49. The van der Waals surface area contributed by atoms with Gasteiger partial charge >= 0.3 is 0 Å². The summed E-state index contributed by atoms with van der Waals surface area (Å²) in [6.45, 7) is 0.895. The summed E-state index contributed by atoms with van der Waals surface area (Å²) < 4.78 is 5.13. The second kappa shape index (κ2) is 6.57. The Bertz CT molecular complexity index is 407. The number of halogens is 1. The molecule has 100 valence electrons. The van der Waals surface area contributed by atoms with E-state index in [2.05, 4.69) is 15.9 Å². The monoisotopic (exact) mass is 331 g/mol. The number of hydrogen-bond donors (Lipinski definition) is 0. The molecule has 1 atom stereocenters. The zero-order valence-corrected chi connectivity index (χ0v) is 12.9. The smallest absolute Gasteiger partial charge is 0.264 e. The molecule has 0 aliphatic carbocycles. The fraction of sp³-hybridized carbons (Fsp3) is 0.615. The minimum absolute atomic E-state index is 0.167. The van der Waals surface area contributed by atoms with Crippen molar-refractivity contribution in [1.82, 2.24) is 4.90 Å². The van der Waals surface area contributed by atoms with E-state index in [9.17, 15) is 4.79 Å². The van der Waals surface area contributed by atoms with Crippen molar-refractivity contribution in [3.8, 4) is 5.75 Å². The fourth-order valence-electron chi connectivity index (χ4n) is 2.40. The van der Waals surface area contributed by atoms with E-state index in [1.54, 1.807) is 7.11 Å². The number of likely N-dealkylation sites (tertiary alicyclic amines) is 1. The van der Waals surface area contributed by atoms with Crippen LogP contribution in [0.25, 0.3) is 0 Å². The molecule has 0 spiro atoms. The maximum absolute atomic E-state index is 12.4. The molecule has 1 aliphatic heterocycles.